The molecule has 0 spiro atoms. The van der Waals surface area contributed by atoms with Crippen molar-refractivity contribution in [3.63, 3.8) is 0 Å². The van der Waals surface area contributed by atoms with Gasteiger partial charge < -0.3 is 10.1 Å². The quantitative estimate of drug-likeness (QED) is 0.813. The number of ether oxygens (including phenoxy) is 1. The van der Waals surface area contributed by atoms with Gasteiger partial charge >= 0.3 is 0 Å². The lowest BCUT2D eigenvalue weighted by molar-refractivity contribution is -0.0295. The molecule has 2 heterocycles. The molecule has 1 aliphatic heterocycles. The van der Waals surface area contributed by atoms with Crippen LogP contribution in [0.25, 0.3) is 11.3 Å². The van der Waals surface area contributed by atoms with Gasteiger partial charge in [-0.15, -0.1) is 0 Å². The molecule has 0 saturated carbocycles. The van der Waals surface area contributed by atoms with Gasteiger partial charge in [-0.25, -0.2) is 0 Å². The summed E-state index contributed by atoms with van der Waals surface area (Å²) in [6.45, 7) is 8.45. The van der Waals surface area contributed by atoms with Crippen LogP contribution < -0.4 is 5.32 Å². The maximum absolute atomic E-state index is 12.6. The minimum Gasteiger partial charge on any atom is -0.374 e. The molecule has 140 valence electrons. The van der Waals surface area contributed by atoms with Gasteiger partial charge in [-0.05, 0) is 18.1 Å². The summed E-state index contributed by atoms with van der Waals surface area (Å²) < 4.78 is 5.79. The van der Waals surface area contributed by atoms with E-state index < -0.39 is 0 Å². The normalized spacial score (nSPS) is 18.2. The summed E-state index contributed by atoms with van der Waals surface area (Å²) in [7, 11) is 0. The van der Waals surface area contributed by atoms with Gasteiger partial charge in [-0.3, -0.25) is 14.8 Å². The number of nitrogens with one attached hydrogen (secondary N) is 2. The van der Waals surface area contributed by atoms with E-state index in [1.54, 1.807) is 18.3 Å². The van der Waals surface area contributed by atoms with Gasteiger partial charge in [0.25, 0.3) is 5.91 Å². The zero-order valence-corrected chi connectivity index (χ0v) is 15.9. The zero-order valence-electron chi connectivity index (χ0n) is 15.2. The number of H-pyrrole nitrogens is 1. The molecular formula is C19H25ClN4O2. The number of hydrogen-bond acceptors (Lipinski definition) is 4. The van der Waals surface area contributed by atoms with Gasteiger partial charge in [-0.2, -0.15) is 5.10 Å². The summed E-state index contributed by atoms with van der Waals surface area (Å²) in [6.07, 6.45) is 1.56. The van der Waals surface area contributed by atoms with E-state index in [-0.39, 0.29) is 12.0 Å². The number of aromatic amines is 1. The third-order valence-corrected chi connectivity index (χ3v) is 4.61. The molecule has 0 aliphatic carbocycles. The number of halogens is 1. The van der Waals surface area contributed by atoms with Crippen LogP contribution in [-0.4, -0.2) is 59.9 Å². The maximum Gasteiger partial charge on any atom is 0.255 e. The van der Waals surface area contributed by atoms with Crippen molar-refractivity contribution in [3.05, 3.63) is 41.0 Å². The highest BCUT2D eigenvalue weighted by Gasteiger charge is 2.22. The van der Waals surface area contributed by atoms with Crippen LogP contribution >= 0.6 is 11.6 Å². The van der Waals surface area contributed by atoms with Crippen molar-refractivity contribution in [3.8, 4) is 11.3 Å². The maximum atomic E-state index is 12.6. The predicted octanol–water partition coefficient (Wildman–Crippen LogP) is 2.82. The Hall–Kier alpha value is -1.89. The molecule has 1 amide bonds. The second-order valence-corrected chi connectivity index (χ2v) is 7.46. The van der Waals surface area contributed by atoms with Gasteiger partial charge in [-0.1, -0.05) is 37.6 Å². The number of nitrogens with zero attached hydrogens (tertiary/aromatic N) is 2. The van der Waals surface area contributed by atoms with E-state index in [4.69, 9.17) is 16.3 Å². The second kappa shape index (κ2) is 8.66. The van der Waals surface area contributed by atoms with E-state index in [1.807, 2.05) is 12.1 Å². The summed E-state index contributed by atoms with van der Waals surface area (Å²) in [5.74, 6) is 0.462. The molecule has 7 heteroatoms. The summed E-state index contributed by atoms with van der Waals surface area (Å²) in [4.78, 5) is 15.0. The predicted molar refractivity (Wildman–Crippen MR) is 102 cm³/mol. The van der Waals surface area contributed by atoms with Crippen LogP contribution in [0.5, 0.6) is 0 Å². The topological polar surface area (TPSA) is 70.2 Å². The highest BCUT2D eigenvalue weighted by atomic mass is 35.5. The number of carbonyl (C=O) groups is 1. The van der Waals surface area contributed by atoms with Gasteiger partial charge in [0.2, 0.25) is 0 Å². The monoisotopic (exact) mass is 376 g/mol. The smallest absolute Gasteiger partial charge is 0.255 e. The van der Waals surface area contributed by atoms with Crippen molar-refractivity contribution in [2.75, 3.05) is 32.8 Å². The minimum absolute atomic E-state index is 0.0114. The Morgan fingerprint density at radius 1 is 1.42 bits per heavy atom. The first kappa shape index (κ1) is 18.9. The Labute approximate surface area is 158 Å². The van der Waals surface area contributed by atoms with Crippen LogP contribution in [0.4, 0.5) is 0 Å². The Balaban J connectivity index is 1.59. The van der Waals surface area contributed by atoms with Gasteiger partial charge in [0, 0.05) is 36.8 Å². The molecule has 1 unspecified atom stereocenters. The van der Waals surface area contributed by atoms with Crippen molar-refractivity contribution in [2.24, 2.45) is 5.92 Å². The number of morpholine rings is 1. The average Bonchev–Trinajstić information content (AvgIpc) is 3.10. The van der Waals surface area contributed by atoms with E-state index >= 15 is 0 Å². The third-order valence-electron chi connectivity index (χ3n) is 4.35. The molecule has 1 aromatic carbocycles. The van der Waals surface area contributed by atoms with E-state index in [1.165, 1.54) is 0 Å². The van der Waals surface area contributed by atoms with E-state index in [2.05, 4.69) is 34.3 Å². The van der Waals surface area contributed by atoms with Gasteiger partial charge in [0.05, 0.1) is 30.2 Å². The average molecular weight is 377 g/mol. The lowest BCUT2D eigenvalue weighted by Gasteiger charge is -2.33. The summed E-state index contributed by atoms with van der Waals surface area (Å²) in [5, 5.41) is 10.5. The zero-order chi connectivity index (χ0) is 18.5. The van der Waals surface area contributed by atoms with Crippen LogP contribution in [0.2, 0.25) is 5.02 Å². The van der Waals surface area contributed by atoms with Crippen molar-refractivity contribution in [1.82, 2.24) is 20.4 Å². The standard InChI is InChI=1S/C19H25ClN4O2/c1-13(2)11-24-7-8-26-16(12-24)9-21-19(25)17-10-22-23-18(17)14-3-5-15(20)6-4-14/h3-6,10,13,16H,7-9,11-12H2,1-2H3,(H,21,25)(H,22,23). The third kappa shape index (κ3) is 4.84. The summed E-state index contributed by atoms with van der Waals surface area (Å²) >= 11 is 5.93. The van der Waals surface area contributed by atoms with E-state index in [0.717, 1.165) is 25.2 Å². The Kier molecular flexibility index (Phi) is 6.29. The molecule has 1 atom stereocenters. The lowest BCUT2D eigenvalue weighted by Crippen LogP contribution is -2.48. The van der Waals surface area contributed by atoms with Crippen molar-refractivity contribution in [2.45, 2.75) is 20.0 Å². The van der Waals surface area contributed by atoms with Crippen LogP contribution in [0.15, 0.2) is 30.5 Å². The number of amides is 1. The van der Waals surface area contributed by atoms with E-state index in [0.29, 0.717) is 35.3 Å². The fourth-order valence-corrected chi connectivity index (χ4v) is 3.31. The summed E-state index contributed by atoms with van der Waals surface area (Å²) in [6, 6.07) is 7.30. The van der Waals surface area contributed by atoms with Crippen LogP contribution in [-0.2, 0) is 4.74 Å². The minimum atomic E-state index is -0.159. The van der Waals surface area contributed by atoms with Gasteiger partial charge in [0.15, 0.2) is 0 Å². The molecule has 1 fully saturated rings. The van der Waals surface area contributed by atoms with Crippen molar-refractivity contribution >= 4 is 17.5 Å². The highest BCUT2D eigenvalue weighted by molar-refractivity contribution is 6.30. The Morgan fingerprint density at radius 3 is 2.92 bits per heavy atom. The van der Waals surface area contributed by atoms with Crippen molar-refractivity contribution < 1.29 is 9.53 Å². The molecule has 26 heavy (non-hydrogen) atoms. The molecule has 1 aliphatic rings. The molecule has 2 N–H and O–H groups in total. The molecule has 0 bridgehead atoms. The number of hydrogen-bond donors (Lipinski definition) is 2. The largest absolute Gasteiger partial charge is 0.374 e. The van der Waals surface area contributed by atoms with Crippen molar-refractivity contribution in [1.29, 1.82) is 0 Å². The fourth-order valence-electron chi connectivity index (χ4n) is 3.18. The number of benzene rings is 1. The Morgan fingerprint density at radius 2 is 2.19 bits per heavy atom. The lowest BCUT2D eigenvalue weighted by atomic mass is 10.1. The number of aromatic nitrogens is 2. The molecular weight excluding hydrogens is 352 g/mol. The first-order valence-corrected chi connectivity index (χ1v) is 9.32. The first-order chi connectivity index (χ1) is 12.5. The van der Waals surface area contributed by atoms with Crippen LogP contribution in [0.1, 0.15) is 24.2 Å². The number of rotatable bonds is 6. The molecule has 1 aromatic heterocycles. The molecule has 0 radical (unpaired) electrons. The van der Waals surface area contributed by atoms with E-state index in [9.17, 15) is 4.79 Å². The molecule has 2 aromatic rings. The van der Waals surface area contributed by atoms with Crippen LogP contribution in [0.3, 0.4) is 0 Å². The Bertz CT molecular complexity index is 729. The molecule has 6 nitrogen and oxygen atoms in total. The molecule has 1 saturated heterocycles. The first-order valence-electron chi connectivity index (χ1n) is 8.94. The fraction of sp³-hybridized carbons (Fsp3) is 0.474. The second-order valence-electron chi connectivity index (χ2n) is 7.02. The molecule has 3 rings (SSSR count). The van der Waals surface area contributed by atoms with Gasteiger partial charge in [0.1, 0.15) is 0 Å². The highest BCUT2D eigenvalue weighted by Crippen LogP contribution is 2.23. The summed E-state index contributed by atoms with van der Waals surface area (Å²) in [5.41, 5.74) is 2.07. The van der Waals surface area contributed by atoms with Crippen LogP contribution in [0, 0.1) is 5.92 Å². The SMILES string of the molecule is CC(C)CN1CCOC(CNC(=O)c2cn[nH]c2-c2ccc(Cl)cc2)C1. The number of carbonyl (C=O) groups excluding carboxylic acids is 1.